The van der Waals surface area contributed by atoms with Crippen molar-refractivity contribution in [3.05, 3.63) is 11.6 Å². The SMILES string of the molecule is CC1CCC(C(=O)O)CN1C(=O)CC1=CCCCC1. The number of rotatable bonds is 3. The molecule has 2 atom stereocenters. The maximum atomic E-state index is 12.3. The average molecular weight is 265 g/mol. The van der Waals surface area contributed by atoms with E-state index in [-0.39, 0.29) is 17.9 Å². The highest BCUT2D eigenvalue weighted by Gasteiger charge is 2.32. The fourth-order valence-electron chi connectivity index (χ4n) is 3.02. The molecule has 0 aromatic rings. The van der Waals surface area contributed by atoms with Gasteiger partial charge in [0.15, 0.2) is 0 Å². The first-order valence-corrected chi connectivity index (χ1v) is 7.28. The van der Waals surface area contributed by atoms with Crippen molar-refractivity contribution >= 4 is 11.9 Å². The summed E-state index contributed by atoms with van der Waals surface area (Å²) in [6.07, 6.45) is 8.64. The number of hydrogen-bond donors (Lipinski definition) is 1. The largest absolute Gasteiger partial charge is 0.481 e. The van der Waals surface area contributed by atoms with Crippen molar-refractivity contribution in [1.82, 2.24) is 4.90 Å². The highest BCUT2D eigenvalue weighted by Crippen LogP contribution is 2.26. The molecular weight excluding hydrogens is 242 g/mol. The second-order valence-electron chi connectivity index (χ2n) is 5.79. The number of carbonyl (C=O) groups excluding carboxylic acids is 1. The van der Waals surface area contributed by atoms with Crippen LogP contribution < -0.4 is 0 Å². The fraction of sp³-hybridized carbons (Fsp3) is 0.733. The molecule has 1 N–H and O–H groups in total. The van der Waals surface area contributed by atoms with Gasteiger partial charge in [-0.25, -0.2) is 0 Å². The number of hydrogen-bond acceptors (Lipinski definition) is 2. The zero-order valence-electron chi connectivity index (χ0n) is 11.6. The molecule has 1 amide bonds. The summed E-state index contributed by atoms with van der Waals surface area (Å²) in [5, 5.41) is 9.10. The van der Waals surface area contributed by atoms with Gasteiger partial charge >= 0.3 is 5.97 Å². The number of carbonyl (C=O) groups is 2. The molecule has 0 radical (unpaired) electrons. The van der Waals surface area contributed by atoms with Gasteiger partial charge in [0, 0.05) is 19.0 Å². The molecule has 0 aromatic heterocycles. The van der Waals surface area contributed by atoms with E-state index in [1.165, 1.54) is 18.4 Å². The minimum Gasteiger partial charge on any atom is -0.481 e. The number of amides is 1. The van der Waals surface area contributed by atoms with Crippen molar-refractivity contribution in [2.45, 2.75) is 57.9 Å². The van der Waals surface area contributed by atoms with Crippen molar-refractivity contribution in [3.8, 4) is 0 Å². The third-order valence-electron chi connectivity index (χ3n) is 4.31. The van der Waals surface area contributed by atoms with E-state index in [0.717, 1.165) is 19.3 Å². The number of carboxylic acid groups (broad SMARTS) is 1. The van der Waals surface area contributed by atoms with E-state index in [4.69, 9.17) is 5.11 Å². The summed E-state index contributed by atoms with van der Waals surface area (Å²) in [7, 11) is 0. The quantitative estimate of drug-likeness (QED) is 0.798. The lowest BCUT2D eigenvalue weighted by Gasteiger charge is -2.37. The normalized spacial score (nSPS) is 27.8. The third kappa shape index (κ3) is 3.58. The Morgan fingerprint density at radius 2 is 2.16 bits per heavy atom. The van der Waals surface area contributed by atoms with E-state index < -0.39 is 5.97 Å². The van der Waals surface area contributed by atoms with E-state index in [1.54, 1.807) is 4.90 Å². The van der Waals surface area contributed by atoms with Crippen LogP contribution in [0.25, 0.3) is 0 Å². The Morgan fingerprint density at radius 3 is 2.79 bits per heavy atom. The second kappa shape index (κ2) is 6.22. The van der Waals surface area contributed by atoms with Gasteiger partial charge in [-0.05, 0) is 45.4 Å². The molecule has 4 heteroatoms. The summed E-state index contributed by atoms with van der Waals surface area (Å²) in [5.41, 5.74) is 1.24. The Labute approximate surface area is 114 Å². The Bertz CT molecular complexity index is 389. The summed E-state index contributed by atoms with van der Waals surface area (Å²) in [6, 6.07) is 0.173. The zero-order valence-corrected chi connectivity index (χ0v) is 11.6. The van der Waals surface area contributed by atoms with E-state index in [1.807, 2.05) is 6.92 Å². The van der Waals surface area contributed by atoms with E-state index in [2.05, 4.69) is 6.08 Å². The van der Waals surface area contributed by atoms with Gasteiger partial charge in [-0.3, -0.25) is 9.59 Å². The number of likely N-dealkylation sites (tertiary alicyclic amines) is 1. The molecule has 0 bridgehead atoms. The summed E-state index contributed by atoms with van der Waals surface area (Å²) < 4.78 is 0. The lowest BCUT2D eigenvalue weighted by Crippen LogP contribution is -2.47. The van der Waals surface area contributed by atoms with Gasteiger partial charge < -0.3 is 10.0 Å². The molecule has 4 nitrogen and oxygen atoms in total. The Kier molecular flexibility index (Phi) is 4.61. The lowest BCUT2D eigenvalue weighted by molar-refractivity contribution is -0.147. The summed E-state index contributed by atoms with van der Waals surface area (Å²) in [4.78, 5) is 25.2. The van der Waals surface area contributed by atoms with Crippen LogP contribution in [0.3, 0.4) is 0 Å². The van der Waals surface area contributed by atoms with Crippen molar-refractivity contribution in [2.24, 2.45) is 5.92 Å². The van der Waals surface area contributed by atoms with Gasteiger partial charge in [-0.2, -0.15) is 0 Å². The van der Waals surface area contributed by atoms with Crippen molar-refractivity contribution in [2.75, 3.05) is 6.54 Å². The topological polar surface area (TPSA) is 57.6 Å². The first-order chi connectivity index (χ1) is 9.08. The van der Waals surface area contributed by atoms with Crippen molar-refractivity contribution < 1.29 is 14.7 Å². The molecule has 1 saturated heterocycles. The van der Waals surface area contributed by atoms with Crippen LogP contribution in [0.1, 0.15) is 51.9 Å². The van der Waals surface area contributed by atoms with Gasteiger partial charge in [0.1, 0.15) is 0 Å². The smallest absolute Gasteiger partial charge is 0.308 e. The predicted molar refractivity (Wildman–Crippen MR) is 72.7 cm³/mol. The maximum Gasteiger partial charge on any atom is 0.308 e. The Balaban J connectivity index is 1.96. The molecule has 2 rings (SSSR count). The summed E-state index contributed by atoms with van der Waals surface area (Å²) in [6.45, 7) is 2.40. The van der Waals surface area contributed by atoms with Crippen LogP contribution in [0.4, 0.5) is 0 Å². The first kappa shape index (κ1) is 14.1. The van der Waals surface area contributed by atoms with Crippen LogP contribution in [0.15, 0.2) is 11.6 Å². The van der Waals surface area contributed by atoms with Gasteiger partial charge in [-0.1, -0.05) is 11.6 Å². The second-order valence-corrected chi connectivity index (χ2v) is 5.79. The van der Waals surface area contributed by atoms with Gasteiger partial charge in [0.2, 0.25) is 5.91 Å². The van der Waals surface area contributed by atoms with Gasteiger partial charge in [-0.15, -0.1) is 0 Å². The van der Waals surface area contributed by atoms with E-state index in [9.17, 15) is 9.59 Å². The Morgan fingerprint density at radius 1 is 1.37 bits per heavy atom. The molecule has 19 heavy (non-hydrogen) atoms. The minimum absolute atomic E-state index is 0.103. The number of allylic oxidation sites excluding steroid dienone is 1. The van der Waals surface area contributed by atoms with Gasteiger partial charge in [0.05, 0.1) is 5.92 Å². The predicted octanol–water partition coefficient (Wildman–Crippen LogP) is 2.59. The molecule has 0 saturated carbocycles. The fourth-order valence-corrected chi connectivity index (χ4v) is 3.02. The molecule has 0 spiro atoms. The summed E-state index contributed by atoms with van der Waals surface area (Å²) >= 11 is 0. The van der Waals surface area contributed by atoms with Crippen molar-refractivity contribution in [3.63, 3.8) is 0 Å². The van der Waals surface area contributed by atoms with Crippen LogP contribution in [0, 0.1) is 5.92 Å². The third-order valence-corrected chi connectivity index (χ3v) is 4.31. The van der Waals surface area contributed by atoms with Crippen molar-refractivity contribution in [1.29, 1.82) is 0 Å². The molecule has 1 heterocycles. The number of piperidine rings is 1. The van der Waals surface area contributed by atoms with Crippen LogP contribution in [0.5, 0.6) is 0 Å². The molecular formula is C15H23NO3. The zero-order chi connectivity index (χ0) is 13.8. The summed E-state index contributed by atoms with van der Waals surface area (Å²) in [5.74, 6) is -1.06. The number of nitrogens with zero attached hydrogens (tertiary/aromatic N) is 1. The molecule has 2 unspecified atom stereocenters. The molecule has 1 aliphatic heterocycles. The van der Waals surface area contributed by atoms with E-state index in [0.29, 0.717) is 19.4 Å². The lowest BCUT2D eigenvalue weighted by atomic mass is 9.92. The maximum absolute atomic E-state index is 12.3. The van der Waals surface area contributed by atoms with Gasteiger partial charge in [0.25, 0.3) is 0 Å². The molecule has 2 aliphatic rings. The van der Waals surface area contributed by atoms with Crippen LogP contribution in [-0.2, 0) is 9.59 Å². The minimum atomic E-state index is -0.776. The highest BCUT2D eigenvalue weighted by molar-refractivity contribution is 5.80. The van der Waals surface area contributed by atoms with Crippen LogP contribution >= 0.6 is 0 Å². The highest BCUT2D eigenvalue weighted by atomic mass is 16.4. The molecule has 0 aromatic carbocycles. The standard InChI is InChI=1S/C15H23NO3/c1-11-7-8-13(15(18)19)10-16(11)14(17)9-12-5-3-2-4-6-12/h5,11,13H,2-4,6-10H2,1H3,(H,18,19). The first-order valence-electron chi connectivity index (χ1n) is 7.28. The number of carboxylic acids is 1. The average Bonchev–Trinajstić information content (AvgIpc) is 2.40. The molecule has 106 valence electrons. The Hall–Kier alpha value is -1.32. The monoisotopic (exact) mass is 265 g/mol. The van der Waals surface area contributed by atoms with E-state index >= 15 is 0 Å². The molecule has 1 aliphatic carbocycles. The van der Waals surface area contributed by atoms with Crippen LogP contribution in [0.2, 0.25) is 0 Å². The number of aliphatic carboxylic acids is 1. The van der Waals surface area contributed by atoms with Crippen LogP contribution in [-0.4, -0.2) is 34.5 Å². The molecule has 1 fully saturated rings.